The average molecular weight is 302 g/mol. The van der Waals surface area contributed by atoms with Crippen molar-refractivity contribution in [1.82, 2.24) is 10.6 Å². The molecule has 0 radical (unpaired) electrons. The summed E-state index contributed by atoms with van der Waals surface area (Å²) in [6.45, 7) is 2.82. The van der Waals surface area contributed by atoms with Crippen LogP contribution in [0.2, 0.25) is 0 Å². The number of hydrogen-bond acceptors (Lipinski definition) is 4. The molecular formula is C14H24ClN3O2. The first-order valence-corrected chi connectivity index (χ1v) is 6.40. The normalized spacial score (nSPS) is 9.75. The average Bonchev–Trinajstić information content (AvgIpc) is 2.42. The van der Waals surface area contributed by atoms with Gasteiger partial charge in [-0.3, -0.25) is 4.79 Å². The van der Waals surface area contributed by atoms with Crippen molar-refractivity contribution < 1.29 is 9.53 Å². The van der Waals surface area contributed by atoms with E-state index in [-0.39, 0.29) is 18.3 Å². The number of nitrogens with one attached hydrogen (secondary N) is 2. The molecule has 0 aliphatic heterocycles. The maximum Gasteiger partial charge on any atom is 0.251 e. The molecule has 20 heavy (non-hydrogen) atoms. The maximum absolute atomic E-state index is 11.9. The van der Waals surface area contributed by atoms with Crippen LogP contribution in [0, 0.1) is 0 Å². The van der Waals surface area contributed by atoms with Crippen LogP contribution in [0.25, 0.3) is 0 Å². The summed E-state index contributed by atoms with van der Waals surface area (Å²) in [5.41, 5.74) is 1.70. The van der Waals surface area contributed by atoms with Gasteiger partial charge >= 0.3 is 0 Å². The SMILES string of the molecule is COCCNCCNC(=O)c1cccc(N(C)C)c1.Cl. The van der Waals surface area contributed by atoms with Crippen molar-refractivity contribution in [3.05, 3.63) is 29.8 Å². The quantitative estimate of drug-likeness (QED) is 0.707. The van der Waals surface area contributed by atoms with Crippen molar-refractivity contribution in [2.24, 2.45) is 0 Å². The van der Waals surface area contributed by atoms with Crippen LogP contribution >= 0.6 is 12.4 Å². The second-order valence-corrected chi connectivity index (χ2v) is 4.44. The van der Waals surface area contributed by atoms with Crippen molar-refractivity contribution in [1.29, 1.82) is 0 Å². The monoisotopic (exact) mass is 301 g/mol. The van der Waals surface area contributed by atoms with E-state index in [1.807, 2.05) is 43.3 Å². The lowest BCUT2D eigenvalue weighted by Crippen LogP contribution is -2.33. The molecule has 1 rings (SSSR count). The Morgan fingerprint density at radius 3 is 2.65 bits per heavy atom. The van der Waals surface area contributed by atoms with Gasteiger partial charge in [-0.15, -0.1) is 12.4 Å². The first kappa shape index (κ1) is 18.7. The highest BCUT2D eigenvalue weighted by atomic mass is 35.5. The van der Waals surface area contributed by atoms with E-state index in [1.165, 1.54) is 0 Å². The third-order valence-corrected chi connectivity index (χ3v) is 2.70. The third kappa shape index (κ3) is 6.75. The molecule has 0 bridgehead atoms. The largest absolute Gasteiger partial charge is 0.383 e. The first-order chi connectivity index (χ1) is 9.15. The van der Waals surface area contributed by atoms with Crippen LogP contribution in [-0.4, -0.2) is 53.4 Å². The molecule has 0 heterocycles. The van der Waals surface area contributed by atoms with Crippen molar-refractivity contribution in [2.75, 3.05) is 52.3 Å². The molecule has 0 atom stereocenters. The summed E-state index contributed by atoms with van der Waals surface area (Å²) in [7, 11) is 5.58. The minimum Gasteiger partial charge on any atom is -0.383 e. The number of halogens is 1. The number of nitrogens with zero attached hydrogens (tertiary/aromatic N) is 1. The summed E-state index contributed by atoms with van der Waals surface area (Å²) >= 11 is 0. The van der Waals surface area contributed by atoms with Crippen molar-refractivity contribution >= 4 is 24.0 Å². The number of anilines is 1. The molecule has 2 N–H and O–H groups in total. The van der Waals surface area contributed by atoms with E-state index in [0.717, 1.165) is 18.8 Å². The summed E-state index contributed by atoms with van der Waals surface area (Å²) in [6, 6.07) is 7.57. The predicted molar refractivity (Wildman–Crippen MR) is 85.1 cm³/mol. The second-order valence-electron chi connectivity index (χ2n) is 4.44. The van der Waals surface area contributed by atoms with Crippen LogP contribution in [0.15, 0.2) is 24.3 Å². The van der Waals surface area contributed by atoms with Gasteiger partial charge in [0.2, 0.25) is 0 Å². The van der Waals surface area contributed by atoms with Crippen molar-refractivity contribution in [3.63, 3.8) is 0 Å². The fourth-order valence-electron chi connectivity index (χ4n) is 1.59. The van der Waals surface area contributed by atoms with Crippen LogP contribution in [0.1, 0.15) is 10.4 Å². The van der Waals surface area contributed by atoms with E-state index in [0.29, 0.717) is 18.7 Å². The molecule has 1 aromatic carbocycles. The van der Waals surface area contributed by atoms with Crippen LogP contribution in [-0.2, 0) is 4.74 Å². The Morgan fingerprint density at radius 1 is 1.25 bits per heavy atom. The van der Waals surface area contributed by atoms with E-state index in [9.17, 15) is 4.79 Å². The van der Waals surface area contributed by atoms with Gasteiger partial charge in [0, 0.05) is 52.1 Å². The number of carbonyl (C=O) groups is 1. The number of benzene rings is 1. The predicted octanol–water partition coefficient (Wildman–Crippen LogP) is 1.14. The Kier molecular flexibility index (Phi) is 9.80. The van der Waals surface area contributed by atoms with Gasteiger partial charge < -0.3 is 20.3 Å². The fraction of sp³-hybridized carbons (Fsp3) is 0.500. The molecule has 114 valence electrons. The highest BCUT2D eigenvalue weighted by Crippen LogP contribution is 2.12. The summed E-state index contributed by atoms with van der Waals surface area (Å²) in [6.07, 6.45) is 0. The number of amides is 1. The minimum atomic E-state index is -0.0442. The Hall–Kier alpha value is -1.30. The van der Waals surface area contributed by atoms with E-state index in [1.54, 1.807) is 7.11 Å². The van der Waals surface area contributed by atoms with Crippen LogP contribution < -0.4 is 15.5 Å². The first-order valence-electron chi connectivity index (χ1n) is 6.40. The summed E-state index contributed by atoms with van der Waals surface area (Å²) in [4.78, 5) is 13.9. The lowest BCUT2D eigenvalue weighted by atomic mass is 10.2. The molecule has 0 aliphatic carbocycles. The lowest BCUT2D eigenvalue weighted by molar-refractivity contribution is 0.0953. The van der Waals surface area contributed by atoms with Gasteiger partial charge in [0.15, 0.2) is 0 Å². The topological polar surface area (TPSA) is 53.6 Å². The van der Waals surface area contributed by atoms with Crippen molar-refractivity contribution in [3.8, 4) is 0 Å². The molecule has 0 aromatic heterocycles. The van der Waals surface area contributed by atoms with Crippen LogP contribution in [0.3, 0.4) is 0 Å². The van der Waals surface area contributed by atoms with Gasteiger partial charge in [-0.2, -0.15) is 0 Å². The maximum atomic E-state index is 11.9. The molecule has 0 unspecified atom stereocenters. The van der Waals surface area contributed by atoms with E-state index < -0.39 is 0 Å². The molecular weight excluding hydrogens is 278 g/mol. The van der Waals surface area contributed by atoms with Gasteiger partial charge in [-0.1, -0.05) is 6.07 Å². The molecule has 0 aliphatic rings. The van der Waals surface area contributed by atoms with Crippen molar-refractivity contribution in [2.45, 2.75) is 0 Å². The minimum absolute atomic E-state index is 0. The molecule has 1 aromatic rings. The summed E-state index contributed by atoms with van der Waals surface area (Å²) in [5, 5.41) is 6.06. The standard InChI is InChI=1S/C14H23N3O2.ClH/c1-17(2)13-6-4-5-12(11-13)14(18)16-8-7-15-9-10-19-3;/h4-6,11,15H,7-10H2,1-3H3,(H,16,18);1H. The third-order valence-electron chi connectivity index (χ3n) is 2.70. The van der Waals surface area contributed by atoms with Crippen LogP contribution in [0.5, 0.6) is 0 Å². The van der Waals surface area contributed by atoms with E-state index >= 15 is 0 Å². The molecule has 0 saturated carbocycles. The lowest BCUT2D eigenvalue weighted by Gasteiger charge is -2.13. The molecule has 0 saturated heterocycles. The van der Waals surface area contributed by atoms with Gasteiger partial charge in [-0.05, 0) is 18.2 Å². The number of ether oxygens (including phenoxy) is 1. The number of rotatable bonds is 8. The second kappa shape index (κ2) is 10.5. The molecule has 1 amide bonds. The Bertz CT molecular complexity index is 400. The Morgan fingerprint density at radius 2 is 2.00 bits per heavy atom. The zero-order valence-corrected chi connectivity index (χ0v) is 13.1. The Labute approximate surface area is 127 Å². The molecule has 0 fully saturated rings. The zero-order chi connectivity index (χ0) is 14.1. The van der Waals surface area contributed by atoms with Gasteiger partial charge in [0.25, 0.3) is 5.91 Å². The summed E-state index contributed by atoms with van der Waals surface area (Å²) < 4.78 is 4.92. The summed E-state index contributed by atoms with van der Waals surface area (Å²) in [5.74, 6) is -0.0442. The smallest absolute Gasteiger partial charge is 0.251 e. The fourth-order valence-corrected chi connectivity index (χ4v) is 1.59. The van der Waals surface area contributed by atoms with E-state index in [4.69, 9.17) is 4.74 Å². The molecule has 0 spiro atoms. The van der Waals surface area contributed by atoms with E-state index in [2.05, 4.69) is 10.6 Å². The number of hydrogen-bond donors (Lipinski definition) is 2. The van der Waals surface area contributed by atoms with Gasteiger partial charge in [0.05, 0.1) is 6.61 Å². The number of methoxy groups -OCH3 is 1. The highest BCUT2D eigenvalue weighted by Gasteiger charge is 2.05. The number of carbonyl (C=O) groups excluding carboxylic acids is 1. The zero-order valence-electron chi connectivity index (χ0n) is 12.3. The van der Waals surface area contributed by atoms with Gasteiger partial charge in [-0.25, -0.2) is 0 Å². The highest BCUT2D eigenvalue weighted by molar-refractivity contribution is 5.95. The van der Waals surface area contributed by atoms with Gasteiger partial charge in [0.1, 0.15) is 0 Å². The van der Waals surface area contributed by atoms with Crippen LogP contribution in [0.4, 0.5) is 5.69 Å². The molecule has 6 heteroatoms. The molecule has 5 nitrogen and oxygen atoms in total. The Balaban J connectivity index is 0.00000361.